The van der Waals surface area contributed by atoms with Gasteiger partial charge in [-0.2, -0.15) is 0 Å². The van der Waals surface area contributed by atoms with Crippen molar-refractivity contribution in [2.24, 2.45) is 0 Å². The van der Waals surface area contributed by atoms with Gasteiger partial charge in [-0.25, -0.2) is 4.79 Å². The van der Waals surface area contributed by atoms with E-state index in [4.69, 9.17) is 16.3 Å². The van der Waals surface area contributed by atoms with Gasteiger partial charge >= 0.3 is 5.97 Å². The zero-order valence-corrected chi connectivity index (χ0v) is 15.7. The van der Waals surface area contributed by atoms with E-state index in [1.807, 2.05) is 31.2 Å². The van der Waals surface area contributed by atoms with Gasteiger partial charge in [0.15, 0.2) is 6.61 Å². The Morgan fingerprint density at radius 3 is 2.48 bits per heavy atom. The number of benzene rings is 2. The summed E-state index contributed by atoms with van der Waals surface area (Å²) in [6.45, 7) is 3.39. The molecule has 8 heteroatoms. The number of carbonyl (C=O) groups excluding carboxylic acids is 2. The molecular formula is C19H19ClN2O5. The first-order valence-corrected chi connectivity index (χ1v) is 8.69. The van der Waals surface area contributed by atoms with Crippen molar-refractivity contribution in [3.63, 3.8) is 0 Å². The van der Waals surface area contributed by atoms with Crippen LogP contribution >= 0.6 is 11.6 Å². The summed E-state index contributed by atoms with van der Waals surface area (Å²) in [5.41, 5.74) is 1.67. The van der Waals surface area contributed by atoms with E-state index in [-0.39, 0.29) is 16.6 Å². The fourth-order valence-corrected chi connectivity index (χ4v) is 2.59. The van der Waals surface area contributed by atoms with Crippen molar-refractivity contribution < 1.29 is 19.2 Å². The van der Waals surface area contributed by atoms with Crippen LogP contribution in [0.3, 0.4) is 0 Å². The Morgan fingerprint density at radius 1 is 1.22 bits per heavy atom. The van der Waals surface area contributed by atoms with Crippen LogP contribution in [0.4, 0.5) is 5.69 Å². The molecule has 0 radical (unpaired) electrons. The number of carbonyl (C=O) groups is 2. The van der Waals surface area contributed by atoms with E-state index in [0.29, 0.717) is 0 Å². The van der Waals surface area contributed by atoms with Crippen LogP contribution in [0, 0.1) is 10.1 Å². The van der Waals surface area contributed by atoms with Crippen LogP contribution in [0.15, 0.2) is 42.5 Å². The first kappa shape index (κ1) is 20.4. The van der Waals surface area contributed by atoms with E-state index in [2.05, 4.69) is 12.2 Å². The van der Waals surface area contributed by atoms with Crippen LogP contribution in [0.1, 0.15) is 41.4 Å². The lowest BCUT2D eigenvalue weighted by molar-refractivity contribution is -0.384. The minimum Gasteiger partial charge on any atom is -0.452 e. The Balaban J connectivity index is 1.91. The number of halogens is 1. The number of esters is 1. The number of hydrogen-bond acceptors (Lipinski definition) is 5. The van der Waals surface area contributed by atoms with Crippen molar-refractivity contribution in [1.29, 1.82) is 0 Å². The molecule has 1 N–H and O–H groups in total. The lowest BCUT2D eigenvalue weighted by Crippen LogP contribution is -2.31. The molecule has 0 aliphatic carbocycles. The highest BCUT2D eigenvalue weighted by Gasteiger charge is 2.18. The maximum atomic E-state index is 12.0. The second-order valence-corrected chi connectivity index (χ2v) is 6.29. The number of aryl methyl sites for hydroxylation is 1. The molecule has 0 saturated heterocycles. The molecule has 1 unspecified atom stereocenters. The highest BCUT2D eigenvalue weighted by molar-refractivity contribution is 6.32. The van der Waals surface area contributed by atoms with Crippen LogP contribution < -0.4 is 5.32 Å². The molecule has 0 fully saturated rings. The molecule has 7 nitrogen and oxygen atoms in total. The van der Waals surface area contributed by atoms with Gasteiger partial charge in [-0.3, -0.25) is 14.9 Å². The maximum absolute atomic E-state index is 12.0. The minimum atomic E-state index is -0.843. The summed E-state index contributed by atoms with van der Waals surface area (Å²) in [6, 6.07) is 11.1. The molecule has 0 spiro atoms. The molecule has 2 aromatic carbocycles. The Kier molecular flexibility index (Phi) is 6.90. The summed E-state index contributed by atoms with van der Waals surface area (Å²) in [5.74, 6) is -1.32. The number of nitrogens with one attached hydrogen (secondary N) is 1. The fraction of sp³-hybridized carbons (Fsp3) is 0.263. The number of nitro groups is 1. The average molecular weight is 391 g/mol. The summed E-state index contributed by atoms with van der Waals surface area (Å²) in [5, 5.41) is 13.5. The third-order valence-electron chi connectivity index (χ3n) is 3.98. The van der Waals surface area contributed by atoms with Gasteiger partial charge in [0, 0.05) is 6.07 Å². The van der Waals surface area contributed by atoms with Crippen molar-refractivity contribution in [3.8, 4) is 0 Å². The highest BCUT2D eigenvalue weighted by atomic mass is 35.5. The van der Waals surface area contributed by atoms with E-state index in [0.717, 1.165) is 18.1 Å². The molecule has 0 aliphatic heterocycles. The summed E-state index contributed by atoms with van der Waals surface area (Å²) in [6.07, 6.45) is 0.930. The second kappa shape index (κ2) is 9.14. The van der Waals surface area contributed by atoms with E-state index in [1.54, 1.807) is 0 Å². The summed E-state index contributed by atoms with van der Waals surface area (Å²) in [4.78, 5) is 34.2. The van der Waals surface area contributed by atoms with Crippen LogP contribution in [-0.4, -0.2) is 23.4 Å². The molecule has 0 aliphatic rings. The third-order valence-corrected chi connectivity index (χ3v) is 4.30. The van der Waals surface area contributed by atoms with Crippen LogP contribution in [0.5, 0.6) is 0 Å². The minimum absolute atomic E-state index is 0.0536. The van der Waals surface area contributed by atoms with E-state index >= 15 is 0 Å². The van der Waals surface area contributed by atoms with Gasteiger partial charge in [0.05, 0.1) is 16.5 Å². The standard InChI is InChI=1S/C19H19ClN2O5/c1-3-13-4-6-14(7-5-13)12(2)21-18(23)11-27-19(24)15-8-9-16(20)17(10-15)22(25)26/h4-10,12H,3,11H2,1-2H3,(H,21,23). The molecule has 0 heterocycles. The fourth-order valence-electron chi connectivity index (χ4n) is 2.40. The molecule has 2 aromatic rings. The molecule has 0 bridgehead atoms. The van der Waals surface area contributed by atoms with Gasteiger partial charge in [0.2, 0.25) is 0 Å². The van der Waals surface area contributed by atoms with Gasteiger partial charge in [-0.1, -0.05) is 42.8 Å². The second-order valence-electron chi connectivity index (χ2n) is 5.88. The SMILES string of the molecule is CCc1ccc(C(C)NC(=O)COC(=O)c2ccc(Cl)c([N+](=O)[O-])c2)cc1. The van der Waals surface area contributed by atoms with E-state index in [1.165, 1.54) is 17.7 Å². The van der Waals surface area contributed by atoms with Gasteiger partial charge in [0.1, 0.15) is 5.02 Å². The molecule has 0 aromatic heterocycles. The van der Waals surface area contributed by atoms with E-state index in [9.17, 15) is 19.7 Å². The topological polar surface area (TPSA) is 98.5 Å². The molecule has 2 rings (SSSR count). The van der Waals surface area contributed by atoms with Crippen LogP contribution in [-0.2, 0) is 16.0 Å². The zero-order valence-electron chi connectivity index (χ0n) is 14.9. The Hall–Kier alpha value is -2.93. The molecule has 142 valence electrons. The average Bonchev–Trinajstić information content (AvgIpc) is 2.66. The molecule has 1 atom stereocenters. The summed E-state index contributed by atoms with van der Waals surface area (Å²) < 4.78 is 4.92. The number of hydrogen-bond donors (Lipinski definition) is 1. The largest absolute Gasteiger partial charge is 0.452 e. The lowest BCUT2D eigenvalue weighted by atomic mass is 10.1. The van der Waals surface area contributed by atoms with Crippen molar-refractivity contribution in [2.75, 3.05) is 6.61 Å². The quantitative estimate of drug-likeness (QED) is 0.440. The molecular weight excluding hydrogens is 372 g/mol. The van der Waals surface area contributed by atoms with Gasteiger partial charge in [-0.05, 0) is 36.6 Å². The smallest absolute Gasteiger partial charge is 0.338 e. The zero-order chi connectivity index (χ0) is 20.0. The van der Waals surface area contributed by atoms with Crippen molar-refractivity contribution in [1.82, 2.24) is 5.32 Å². The third kappa shape index (κ3) is 5.52. The first-order chi connectivity index (χ1) is 12.8. The highest BCUT2D eigenvalue weighted by Crippen LogP contribution is 2.25. The van der Waals surface area contributed by atoms with Crippen molar-refractivity contribution in [2.45, 2.75) is 26.3 Å². The number of ether oxygens (including phenoxy) is 1. The molecule has 1 amide bonds. The van der Waals surface area contributed by atoms with Gasteiger partial charge < -0.3 is 10.1 Å². The number of nitrogens with zero attached hydrogens (tertiary/aromatic N) is 1. The summed E-state index contributed by atoms with van der Waals surface area (Å²) in [7, 11) is 0. The Labute approximate surface area is 161 Å². The van der Waals surface area contributed by atoms with Crippen molar-refractivity contribution >= 4 is 29.2 Å². The first-order valence-electron chi connectivity index (χ1n) is 8.31. The Bertz CT molecular complexity index is 852. The molecule has 27 heavy (non-hydrogen) atoms. The number of amides is 1. The number of rotatable bonds is 7. The van der Waals surface area contributed by atoms with Crippen LogP contribution in [0.25, 0.3) is 0 Å². The Morgan fingerprint density at radius 2 is 1.89 bits per heavy atom. The predicted molar refractivity (Wildman–Crippen MR) is 101 cm³/mol. The monoisotopic (exact) mass is 390 g/mol. The van der Waals surface area contributed by atoms with Gasteiger partial charge in [-0.15, -0.1) is 0 Å². The van der Waals surface area contributed by atoms with Crippen molar-refractivity contribution in [3.05, 3.63) is 74.3 Å². The summed E-state index contributed by atoms with van der Waals surface area (Å²) >= 11 is 5.70. The normalized spacial score (nSPS) is 11.5. The van der Waals surface area contributed by atoms with Crippen LogP contribution in [0.2, 0.25) is 5.02 Å². The maximum Gasteiger partial charge on any atom is 0.338 e. The number of nitro benzene ring substituents is 1. The van der Waals surface area contributed by atoms with E-state index < -0.39 is 29.1 Å². The molecule has 0 saturated carbocycles. The lowest BCUT2D eigenvalue weighted by Gasteiger charge is -2.15. The predicted octanol–water partition coefficient (Wildman–Crippen LogP) is 3.84. The van der Waals surface area contributed by atoms with Gasteiger partial charge in [0.25, 0.3) is 11.6 Å².